The van der Waals surface area contributed by atoms with Crippen molar-refractivity contribution >= 4 is 34.3 Å². The number of piperazine rings is 1. The summed E-state index contributed by atoms with van der Waals surface area (Å²) in [7, 11) is 0. The van der Waals surface area contributed by atoms with Gasteiger partial charge in [-0.15, -0.1) is 10.2 Å². The van der Waals surface area contributed by atoms with Gasteiger partial charge >= 0.3 is 6.03 Å². The van der Waals surface area contributed by atoms with Crippen molar-refractivity contribution in [2.24, 2.45) is 0 Å². The van der Waals surface area contributed by atoms with Crippen LogP contribution in [-0.2, 0) is 5.75 Å². The molecule has 2 aliphatic rings. The van der Waals surface area contributed by atoms with Crippen molar-refractivity contribution in [2.75, 3.05) is 31.5 Å². The third kappa shape index (κ3) is 5.26. The molecule has 7 nitrogen and oxygen atoms in total. The minimum absolute atomic E-state index is 0.0872. The summed E-state index contributed by atoms with van der Waals surface area (Å²) in [6.07, 6.45) is 5.29. The Morgan fingerprint density at radius 1 is 1.17 bits per heavy atom. The number of rotatable bonds is 5. The van der Waals surface area contributed by atoms with E-state index in [2.05, 4.69) is 26.5 Å². The summed E-state index contributed by atoms with van der Waals surface area (Å²) in [6, 6.07) is 10.3. The monoisotopic (exact) mass is 428 g/mol. The zero-order valence-electron chi connectivity index (χ0n) is 16.2. The molecule has 1 saturated carbocycles. The van der Waals surface area contributed by atoms with Crippen molar-refractivity contribution in [1.29, 1.82) is 5.26 Å². The normalized spacial score (nSPS) is 18.0. The maximum Gasteiger partial charge on any atom is 0.323 e. The quantitative estimate of drug-likeness (QED) is 0.576. The molecule has 1 N–H and O–H groups in total. The number of nitrogens with one attached hydrogen (secondary N) is 1. The Balaban J connectivity index is 1.23. The molecule has 0 unspecified atom stereocenters. The number of benzene rings is 1. The molecule has 0 atom stereocenters. The van der Waals surface area contributed by atoms with Crippen LogP contribution in [0, 0.1) is 11.3 Å². The molecule has 0 bridgehead atoms. The molecular formula is C20H24N6OS2. The predicted octanol–water partition coefficient (Wildman–Crippen LogP) is 3.79. The number of thioether (sulfide) groups is 1. The van der Waals surface area contributed by atoms with E-state index >= 15 is 0 Å². The molecule has 0 spiro atoms. The lowest BCUT2D eigenvalue weighted by Crippen LogP contribution is -2.52. The molecule has 1 aromatic carbocycles. The van der Waals surface area contributed by atoms with Gasteiger partial charge in [-0.2, -0.15) is 5.26 Å². The number of nitrogens with zero attached hydrogens (tertiary/aromatic N) is 5. The van der Waals surface area contributed by atoms with Gasteiger partial charge in [-0.05, 0) is 30.5 Å². The summed E-state index contributed by atoms with van der Waals surface area (Å²) < 4.78 is 0.815. The molecular weight excluding hydrogens is 404 g/mol. The van der Waals surface area contributed by atoms with Crippen LogP contribution in [0.5, 0.6) is 0 Å². The van der Waals surface area contributed by atoms with E-state index in [1.54, 1.807) is 11.8 Å². The van der Waals surface area contributed by atoms with Gasteiger partial charge in [-0.25, -0.2) is 4.79 Å². The number of aromatic nitrogens is 2. The van der Waals surface area contributed by atoms with Gasteiger partial charge in [0.2, 0.25) is 5.13 Å². The van der Waals surface area contributed by atoms with Gasteiger partial charge in [-0.1, -0.05) is 48.1 Å². The first-order chi connectivity index (χ1) is 14.2. The summed E-state index contributed by atoms with van der Waals surface area (Å²) in [4.78, 5) is 17.0. The molecule has 1 aromatic heterocycles. The zero-order valence-corrected chi connectivity index (χ0v) is 17.8. The highest BCUT2D eigenvalue weighted by Crippen LogP contribution is 2.29. The van der Waals surface area contributed by atoms with Crippen LogP contribution in [0.3, 0.4) is 0 Å². The maximum absolute atomic E-state index is 12.5. The van der Waals surface area contributed by atoms with Crippen LogP contribution in [0.15, 0.2) is 28.6 Å². The fraction of sp³-hybridized carbons (Fsp3) is 0.500. The van der Waals surface area contributed by atoms with E-state index in [1.165, 1.54) is 37.0 Å². The molecule has 0 radical (unpaired) electrons. The van der Waals surface area contributed by atoms with E-state index in [1.807, 2.05) is 29.2 Å². The summed E-state index contributed by atoms with van der Waals surface area (Å²) >= 11 is 2.97. The average molecular weight is 429 g/mol. The number of hydrogen-bond acceptors (Lipinski definition) is 7. The number of carbonyl (C=O) groups excluding carboxylic acids is 1. The Morgan fingerprint density at radius 2 is 1.90 bits per heavy atom. The van der Waals surface area contributed by atoms with E-state index in [4.69, 9.17) is 5.26 Å². The second-order valence-corrected chi connectivity index (χ2v) is 9.56. The molecule has 1 aliphatic carbocycles. The van der Waals surface area contributed by atoms with Crippen molar-refractivity contribution in [2.45, 2.75) is 41.8 Å². The Morgan fingerprint density at radius 3 is 2.59 bits per heavy atom. The van der Waals surface area contributed by atoms with Crippen LogP contribution in [0.1, 0.15) is 36.8 Å². The molecule has 2 heterocycles. The lowest BCUT2D eigenvalue weighted by atomic mass is 10.2. The van der Waals surface area contributed by atoms with Gasteiger partial charge in [0.15, 0.2) is 4.34 Å². The van der Waals surface area contributed by atoms with E-state index in [-0.39, 0.29) is 6.03 Å². The first-order valence-corrected chi connectivity index (χ1v) is 11.8. The topological polar surface area (TPSA) is 85.1 Å². The fourth-order valence-corrected chi connectivity index (χ4v) is 5.57. The molecule has 4 rings (SSSR count). The number of hydrogen-bond donors (Lipinski definition) is 1. The molecule has 1 saturated heterocycles. The lowest BCUT2D eigenvalue weighted by Gasteiger charge is -2.37. The second kappa shape index (κ2) is 9.57. The number of urea groups is 1. The Bertz CT molecular complexity index is 864. The first-order valence-electron chi connectivity index (χ1n) is 9.96. The van der Waals surface area contributed by atoms with E-state index in [0.717, 1.165) is 47.9 Å². The number of nitriles is 1. The Kier molecular flexibility index (Phi) is 6.64. The highest BCUT2D eigenvalue weighted by Gasteiger charge is 2.28. The standard InChI is InChI=1S/C20H24N6OS2/c21-13-15-5-7-16(8-6-15)14-28-20-24-23-18(29-20)22-19(27)26-11-9-25(10-12-26)17-3-1-2-4-17/h5-8,17H,1-4,9-12,14H2,(H,22,23,27). The van der Waals surface area contributed by atoms with Crippen LogP contribution in [-0.4, -0.2) is 58.2 Å². The molecule has 2 fully saturated rings. The molecule has 152 valence electrons. The maximum atomic E-state index is 12.5. The number of carbonyl (C=O) groups is 1. The van der Waals surface area contributed by atoms with Crippen LogP contribution < -0.4 is 5.32 Å². The highest BCUT2D eigenvalue weighted by molar-refractivity contribution is 8.00. The fourth-order valence-electron chi connectivity index (χ4n) is 3.87. The van der Waals surface area contributed by atoms with Crippen molar-refractivity contribution in [3.05, 3.63) is 35.4 Å². The van der Waals surface area contributed by atoms with Gasteiger partial charge < -0.3 is 4.90 Å². The summed E-state index contributed by atoms with van der Waals surface area (Å²) in [5.74, 6) is 0.747. The second-order valence-electron chi connectivity index (χ2n) is 7.36. The van der Waals surface area contributed by atoms with E-state index in [9.17, 15) is 4.79 Å². The van der Waals surface area contributed by atoms with Crippen LogP contribution in [0.4, 0.5) is 9.93 Å². The third-order valence-electron chi connectivity index (χ3n) is 5.51. The third-order valence-corrected chi connectivity index (χ3v) is 7.55. The van der Waals surface area contributed by atoms with Crippen LogP contribution in [0.25, 0.3) is 0 Å². The molecule has 2 amide bonds. The Labute approximate surface area is 179 Å². The SMILES string of the molecule is N#Cc1ccc(CSc2nnc(NC(=O)N3CCN(C4CCCC4)CC3)s2)cc1. The Hall–Kier alpha value is -2.15. The summed E-state index contributed by atoms with van der Waals surface area (Å²) in [5.41, 5.74) is 1.78. The number of amides is 2. The lowest BCUT2D eigenvalue weighted by molar-refractivity contribution is 0.115. The van der Waals surface area contributed by atoms with Gasteiger partial charge in [0, 0.05) is 38.0 Å². The van der Waals surface area contributed by atoms with Gasteiger partial charge in [0.05, 0.1) is 11.6 Å². The molecule has 1 aliphatic heterocycles. The minimum Gasteiger partial charge on any atom is -0.322 e. The summed E-state index contributed by atoms with van der Waals surface area (Å²) in [6.45, 7) is 3.45. The van der Waals surface area contributed by atoms with Crippen molar-refractivity contribution in [1.82, 2.24) is 20.0 Å². The van der Waals surface area contributed by atoms with Crippen molar-refractivity contribution < 1.29 is 4.79 Å². The largest absolute Gasteiger partial charge is 0.323 e. The van der Waals surface area contributed by atoms with Gasteiger partial charge in [0.1, 0.15) is 0 Å². The van der Waals surface area contributed by atoms with Gasteiger partial charge in [-0.3, -0.25) is 10.2 Å². The first kappa shape index (κ1) is 20.1. The summed E-state index contributed by atoms with van der Waals surface area (Å²) in [5, 5.41) is 20.6. The van der Waals surface area contributed by atoms with Crippen LogP contribution in [0.2, 0.25) is 0 Å². The smallest absolute Gasteiger partial charge is 0.322 e. The zero-order chi connectivity index (χ0) is 20.1. The average Bonchev–Trinajstić information content (AvgIpc) is 3.45. The number of anilines is 1. The van der Waals surface area contributed by atoms with Crippen LogP contribution >= 0.6 is 23.1 Å². The van der Waals surface area contributed by atoms with Gasteiger partial charge in [0.25, 0.3) is 0 Å². The van der Waals surface area contributed by atoms with E-state index < -0.39 is 0 Å². The van der Waals surface area contributed by atoms with Crippen molar-refractivity contribution in [3.63, 3.8) is 0 Å². The molecule has 2 aromatic rings. The molecule has 29 heavy (non-hydrogen) atoms. The highest BCUT2D eigenvalue weighted by atomic mass is 32.2. The van der Waals surface area contributed by atoms with E-state index in [0.29, 0.717) is 10.7 Å². The molecule has 9 heteroatoms. The predicted molar refractivity (Wildman–Crippen MR) is 115 cm³/mol. The minimum atomic E-state index is -0.0872. The van der Waals surface area contributed by atoms with Crippen molar-refractivity contribution in [3.8, 4) is 6.07 Å².